The number of ketones is 1. The molecule has 5 nitrogen and oxygen atoms in total. The van der Waals surface area contributed by atoms with Gasteiger partial charge in [-0.3, -0.25) is 14.4 Å². The number of anilines is 1. The highest BCUT2D eigenvalue weighted by Gasteiger charge is 2.15. The summed E-state index contributed by atoms with van der Waals surface area (Å²) in [6, 6.07) is 37.9. The molecule has 0 unspecified atom stereocenters. The van der Waals surface area contributed by atoms with Gasteiger partial charge in [-0.2, -0.15) is 0 Å². The Morgan fingerprint density at radius 1 is 0.614 bits per heavy atom. The number of hydrogen-bond acceptors (Lipinski definition) is 3. The van der Waals surface area contributed by atoms with E-state index in [2.05, 4.69) is 10.6 Å². The van der Waals surface area contributed by atoms with Gasteiger partial charge in [0.15, 0.2) is 5.78 Å². The van der Waals surface area contributed by atoms with Gasteiger partial charge in [0.1, 0.15) is 5.70 Å². The first-order valence-electron chi connectivity index (χ1n) is 13.7. The maximum atomic E-state index is 13.4. The molecule has 44 heavy (non-hydrogen) atoms. The largest absolute Gasteiger partial charge is 0.321 e. The lowest BCUT2D eigenvalue weighted by atomic mass is 10.0. The zero-order valence-electron chi connectivity index (χ0n) is 23.3. The molecule has 5 aromatic carbocycles. The number of rotatable bonds is 9. The molecular formula is C37H26Cl2N2O3. The number of benzene rings is 5. The lowest BCUT2D eigenvalue weighted by molar-refractivity contribution is -0.113. The van der Waals surface area contributed by atoms with Crippen LogP contribution in [0.25, 0.3) is 23.3 Å². The molecule has 2 N–H and O–H groups in total. The highest BCUT2D eigenvalue weighted by atomic mass is 35.5. The number of allylic oxidation sites excluding steroid dienone is 1. The summed E-state index contributed by atoms with van der Waals surface area (Å²) in [6.45, 7) is 0. The molecule has 0 aliphatic carbocycles. The first-order valence-corrected chi connectivity index (χ1v) is 14.4. The fourth-order valence-corrected chi connectivity index (χ4v) is 4.71. The Hall–Kier alpha value is -5.23. The summed E-state index contributed by atoms with van der Waals surface area (Å²) >= 11 is 12.3. The van der Waals surface area contributed by atoms with Crippen molar-refractivity contribution in [2.45, 2.75) is 0 Å². The Kier molecular flexibility index (Phi) is 9.82. The average molecular weight is 618 g/mol. The Morgan fingerprint density at radius 3 is 1.93 bits per heavy atom. The highest BCUT2D eigenvalue weighted by molar-refractivity contribution is 6.43. The van der Waals surface area contributed by atoms with Gasteiger partial charge in [-0.25, -0.2) is 0 Å². The topological polar surface area (TPSA) is 75.3 Å². The van der Waals surface area contributed by atoms with Crippen molar-refractivity contribution in [2.24, 2.45) is 0 Å². The van der Waals surface area contributed by atoms with Crippen molar-refractivity contribution in [3.8, 4) is 11.1 Å². The fraction of sp³-hybridized carbons (Fsp3) is 0. The minimum absolute atomic E-state index is 0.0628. The van der Waals surface area contributed by atoms with E-state index in [9.17, 15) is 14.4 Å². The van der Waals surface area contributed by atoms with E-state index in [0.29, 0.717) is 32.4 Å². The van der Waals surface area contributed by atoms with Crippen molar-refractivity contribution in [1.82, 2.24) is 5.32 Å². The maximum absolute atomic E-state index is 13.4. The van der Waals surface area contributed by atoms with Crippen molar-refractivity contribution in [3.63, 3.8) is 0 Å². The second-order valence-corrected chi connectivity index (χ2v) is 10.5. The normalized spacial score (nSPS) is 11.3. The van der Waals surface area contributed by atoms with Crippen molar-refractivity contribution in [2.75, 3.05) is 5.32 Å². The molecule has 216 valence electrons. The van der Waals surface area contributed by atoms with Gasteiger partial charge in [0, 0.05) is 16.8 Å². The summed E-state index contributed by atoms with van der Waals surface area (Å²) in [5, 5.41) is 6.32. The molecule has 0 aliphatic heterocycles. The summed E-state index contributed by atoms with van der Waals surface area (Å²) in [4.78, 5) is 39.1. The number of carbonyl (C=O) groups is 3. The predicted octanol–water partition coefficient (Wildman–Crippen LogP) is 8.97. The smallest absolute Gasteiger partial charge is 0.272 e. The standard InChI is InChI=1S/C37H26Cl2N2O3/c38-32-13-7-12-29(35(32)39)20-23-34(42)28-18-21-31(22-19-28)40-37(44)33(41-36(43)30-10-5-2-6-11-30)24-25-14-16-27(17-15-25)26-8-3-1-4-9-26/h1-24H,(H,40,44)(H,41,43)/b23-20+,33-24-. The van der Waals surface area contributed by atoms with Gasteiger partial charge in [-0.05, 0) is 82.9 Å². The van der Waals surface area contributed by atoms with Crippen LogP contribution >= 0.6 is 23.2 Å². The number of halogens is 2. The predicted molar refractivity (Wildman–Crippen MR) is 179 cm³/mol. The minimum atomic E-state index is -0.518. The van der Waals surface area contributed by atoms with Crippen LogP contribution in [0.3, 0.4) is 0 Å². The molecule has 0 aromatic heterocycles. The van der Waals surface area contributed by atoms with E-state index >= 15 is 0 Å². The first kappa shape index (κ1) is 30.2. The quantitative estimate of drug-likeness (QED) is 0.128. The van der Waals surface area contributed by atoms with Crippen molar-refractivity contribution >= 4 is 58.6 Å². The van der Waals surface area contributed by atoms with Gasteiger partial charge in [-0.1, -0.05) is 108 Å². The van der Waals surface area contributed by atoms with E-state index in [-0.39, 0.29) is 11.5 Å². The molecule has 0 spiro atoms. The molecule has 0 saturated heterocycles. The summed E-state index contributed by atoms with van der Waals surface area (Å²) in [5.41, 5.74) is 4.81. The second-order valence-electron chi connectivity index (χ2n) is 9.74. The van der Waals surface area contributed by atoms with Crippen LogP contribution in [0.1, 0.15) is 31.8 Å². The zero-order chi connectivity index (χ0) is 30.9. The van der Waals surface area contributed by atoms with E-state index in [1.165, 1.54) is 6.08 Å². The van der Waals surface area contributed by atoms with Crippen LogP contribution in [0.2, 0.25) is 10.0 Å². The number of nitrogens with one attached hydrogen (secondary N) is 2. The molecule has 0 bridgehead atoms. The molecule has 0 atom stereocenters. The minimum Gasteiger partial charge on any atom is -0.321 e. The monoisotopic (exact) mass is 616 g/mol. The zero-order valence-corrected chi connectivity index (χ0v) is 24.8. The third kappa shape index (κ3) is 7.78. The van der Waals surface area contributed by atoms with E-state index in [0.717, 1.165) is 16.7 Å². The molecule has 5 rings (SSSR count). The van der Waals surface area contributed by atoms with Crippen molar-refractivity contribution in [1.29, 1.82) is 0 Å². The van der Waals surface area contributed by atoms with E-state index in [1.54, 1.807) is 78.9 Å². The summed E-state index contributed by atoms with van der Waals surface area (Å²) in [7, 11) is 0. The van der Waals surface area contributed by atoms with E-state index in [1.807, 2.05) is 60.7 Å². The van der Waals surface area contributed by atoms with Crippen LogP contribution in [-0.2, 0) is 4.79 Å². The van der Waals surface area contributed by atoms with Gasteiger partial charge in [0.25, 0.3) is 11.8 Å². The summed E-state index contributed by atoms with van der Waals surface area (Å²) in [6.07, 6.45) is 4.63. The van der Waals surface area contributed by atoms with Gasteiger partial charge in [0.05, 0.1) is 10.0 Å². The number of amides is 2. The lowest BCUT2D eigenvalue weighted by Crippen LogP contribution is -2.30. The van der Waals surface area contributed by atoms with Crippen molar-refractivity contribution < 1.29 is 14.4 Å². The van der Waals surface area contributed by atoms with Crippen molar-refractivity contribution in [3.05, 3.63) is 171 Å². The van der Waals surface area contributed by atoms with Gasteiger partial charge in [-0.15, -0.1) is 0 Å². The van der Waals surface area contributed by atoms with E-state index in [4.69, 9.17) is 23.2 Å². The summed E-state index contributed by atoms with van der Waals surface area (Å²) in [5.74, 6) is -1.18. The van der Waals surface area contributed by atoms with Crippen LogP contribution in [0.15, 0.2) is 139 Å². The Bertz CT molecular complexity index is 1850. The first-order chi connectivity index (χ1) is 21.4. The molecule has 2 amide bonds. The number of hydrogen-bond donors (Lipinski definition) is 2. The molecule has 5 aromatic rings. The molecular weight excluding hydrogens is 591 g/mol. The molecule has 0 saturated carbocycles. The molecule has 7 heteroatoms. The van der Waals surface area contributed by atoms with E-state index < -0.39 is 11.8 Å². The lowest BCUT2D eigenvalue weighted by Gasteiger charge is -2.12. The van der Waals surface area contributed by atoms with Crippen LogP contribution in [0.4, 0.5) is 5.69 Å². The average Bonchev–Trinajstić information content (AvgIpc) is 3.06. The molecule has 0 radical (unpaired) electrons. The third-order valence-electron chi connectivity index (χ3n) is 6.68. The van der Waals surface area contributed by atoms with Crippen LogP contribution < -0.4 is 10.6 Å². The Labute approximate surface area is 265 Å². The number of carbonyl (C=O) groups excluding carboxylic acids is 3. The van der Waals surface area contributed by atoms with Gasteiger partial charge < -0.3 is 10.6 Å². The Morgan fingerprint density at radius 2 is 1.25 bits per heavy atom. The molecule has 0 heterocycles. The van der Waals surface area contributed by atoms with Gasteiger partial charge >= 0.3 is 0 Å². The molecule has 0 aliphatic rings. The van der Waals surface area contributed by atoms with Gasteiger partial charge in [0.2, 0.25) is 0 Å². The van der Waals surface area contributed by atoms with Crippen LogP contribution in [0, 0.1) is 0 Å². The fourth-order valence-electron chi connectivity index (χ4n) is 4.34. The second kappa shape index (κ2) is 14.3. The highest BCUT2D eigenvalue weighted by Crippen LogP contribution is 2.26. The van der Waals surface area contributed by atoms with Crippen LogP contribution in [0.5, 0.6) is 0 Å². The molecule has 0 fully saturated rings. The third-order valence-corrected chi connectivity index (χ3v) is 7.51. The summed E-state index contributed by atoms with van der Waals surface area (Å²) < 4.78 is 0. The van der Waals surface area contributed by atoms with Crippen LogP contribution in [-0.4, -0.2) is 17.6 Å². The Balaban J connectivity index is 1.33. The maximum Gasteiger partial charge on any atom is 0.272 e. The SMILES string of the molecule is O=C(Nc1ccc(C(=O)/C=C/c2cccc(Cl)c2Cl)cc1)/C(=C/c1ccc(-c2ccccc2)cc1)NC(=O)c1ccccc1.